The van der Waals surface area contributed by atoms with E-state index in [1.54, 1.807) is 6.07 Å². The van der Waals surface area contributed by atoms with E-state index < -0.39 is 14.0 Å². The monoisotopic (exact) mass is 350 g/mol. The van der Waals surface area contributed by atoms with Crippen molar-refractivity contribution < 1.29 is 14.3 Å². The zero-order chi connectivity index (χ0) is 18.1. The summed E-state index contributed by atoms with van der Waals surface area (Å²) in [5, 5.41) is 12.4. The molecule has 4 heteroatoms. The van der Waals surface area contributed by atoms with E-state index >= 15 is 0 Å². The van der Waals surface area contributed by atoms with Crippen molar-refractivity contribution >= 4 is 29.8 Å². The largest absolute Gasteiger partial charge is 0.478 e. The molecule has 1 N–H and O–H groups in total. The molecule has 0 amide bonds. The second-order valence-corrected chi connectivity index (χ2v) is 11.8. The Morgan fingerprint density at radius 2 is 1.36 bits per heavy atom. The van der Waals surface area contributed by atoms with Gasteiger partial charge in [-0.3, -0.25) is 0 Å². The third-order valence-corrected chi connectivity index (χ3v) is 10.5. The van der Waals surface area contributed by atoms with Crippen LogP contribution in [0.2, 0.25) is 5.04 Å². The van der Waals surface area contributed by atoms with E-state index in [0.717, 1.165) is 10.4 Å². The van der Waals surface area contributed by atoms with Gasteiger partial charge in [0.15, 0.2) is 8.07 Å². The minimum atomic E-state index is -2.73. The molecule has 0 bridgehead atoms. The van der Waals surface area contributed by atoms with Crippen LogP contribution in [0.1, 0.15) is 31.1 Å². The average molecular weight is 350 g/mol. The molecule has 0 fully saturated rings. The van der Waals surface area contributed by atoms with Crippen molar-refractivity contribution in [3.63, 3.8) is 0 Å². The van der Waals surface area contributed by atoms with Crippen LogP contribution in [0.25, 0.3) is 0 Å². The molecule has 0 saturated carbocycles. The van der Waals surface area contributed by atoms with Crippen molar-refractivity contribution in [2.24, 2.45) is 0 Å². The standard InChI is InChI=1S/C21H22O3Si/c1-21(2,3)25(16-10-6-4-7-11-16,17-12-8-5-9-13-17)20-18(19(22)23)14-15-24-20/h4-15H,1-3H3,(H,22,23). The van der Waals surface area contributed by atoms with Gasteiger partial charge in [-0.05, 0) is 21.5 Å². The number of carbonyl (C=O) groups is 1. The van der Waals surface area contributed by atoms with Crippen molar-refractivity contribution in [1.29, 1.82) is 0 Å². The lowest BCUT2D eigenvalue weighted by Gasteiger charge is -2.42. The Bertz CT molecular complexity index is 821. The first kappa shape index (κ1) is 17.2. The maximum absolute atomic E-state index is 11.9. The summed E-state index contributed by atoms with van der Waals surface area (Å²) in [7, 11) is -2.73. The number of hydrogen-bond donors (Lipinski definition) is 1. The van der Waals surface area contributed by atoms with Crippen LogP contribution >= 0.6 is 0 Å². The van der Waals surface area contributed by atoms with E-state index in [0.29, 0.717) is 5.38 Å². The highest BCUT2D eigenvalue weighted by atomic mass is 28.3. The zero-order valence-corrected chi connectivity index (χ0v) is 15.7. The molecule has 0 unspecified atom stereocenters. The normalized spacial score (nSPS) is 12.1. The number of hydrogen-bond acceptors (Lipinski definition) is 2. The van der Waals surface area contributed by atoms with Crippen LogP contribution in [-0.4, -0.2) is 19.1 Å². The summed E-state index contributed by atoms with van der Waals surface area (Å²) in [4.78, 5) is 11.9. The maximum atomic E-state index is 11.9. The molecule has 128 valence electrons. The second-order valence-electron chi connectivity index (χ2n) is 7.20. The molecule has 0 radical (unpaired) electrons. The fourth-order valence-electron chi connectivity index (χ4n) is 3.78. The Morgan fingerprint density at radius 3 is 1.76 bits per heavy atom. The zero-order valence-electron chi connectivity index (χ0n) is 14.7. The van der Waals surface area contributed by atoms with Gasteiger partial charge in [0.2, 0.25) is 0 Å². The van der Waals surface area contributed by atoms with Crippen LogP contribution in [0.3, 0.4) is 0 Å². The molecule has 0 aliphatic heterocycles. The van der Waals surface area contributed by atoms with E-state index in [1.807, 2.05) is 36.4 Å². The Morgan fingerprint density at radius 1 is 0.880 bits per heavy atom. The van der Waals surface area contributed by atoms with Crippen molar-refractivity contribution in [3.8, 4) is 0 Å². The quantitative estimate of drug-likeness (QED) is 0.735. The average Bonchev–Trinajstić information content (AvgIpc) is 3.06. The number of aromatic carboxylic acids is 1. The Balaban J connectivity index is 2.46. The number of carboxylic acids is 1. The third-order valence-electron chi connectivity index (χ3n) is 4.77. The molecule has 0 spiro atoms. The molecule has 0 atom stereocenters. The van der Waals surface area contributed by atoms with Gasteiger partial charge in [-0.15, -0.1) is 0 Å². The van der Waals surface area contributed by atoms with E-state index in [-0.39, 0.29) is 10.6 Å². The molecule has 3 nitrogen and oxygen atoms in total. The van der Waals surface area contributed by atoms with Crippen molar-refractivity contribution in [3.05, 3.63) is 78.6 Å². The van der Waals surface area contributed by atoms with Gasteiger partial charge in [0.05, 0.1) is 11.8 Å². The molecular formula is C21H22O3Si. The smallest absolute Gasteiger partial charge is 0.338 e. The van der Waals surface area contributed by atoms with Gasteiger partial charge in [-0.25, -0.2) is 4.79 Å². The first-order valence-electron chi connectivity index (χ1n) is 8.31. The van der Waals surface area contributed by atoms with Gasteiger partial charge < -0.3 is 9.52 Å². The van der Waals surface area contributed by atoms with Gasteiger partial charge >= 0.3 is 5.97 Å². The molecule has 1 aromatic heterocycles. The molecule has 25 heavy (non-hydrogen) atoms. The predicted octanol–water partition coefficient (Wildman–Crippen LogP) is 3.25. The Labute approximate surface area is 149 Å². The van der Waals surface area contributed by atoms with Crippen molar-refractivity contribution in [1.82, 2.24) is 0 Å². The van der Waals surface area contributed by atoms with E-state index in [1.165, 1.54) is 6.26 Å². The van der Waals surface area contributed by atoms with Crippen molar-refractivity contribution in [2.75, 3.05) is 0 Å². The Kier molecular flexibility index (Phi) is 4.39. The number of rotatable bonds is 4. The summed E-state index contributed by atoms with van der Waals surface area (Å²) in [5.41, 5.74) is 0.259. The van der Waals surface area contributed by atoms with Crippen LogP contribution in [0, 0.1) is 0 Å². The first-order chi connectivity index (χ1) is 11.9. The first-order valence-corrected chi connectivity index (χ1v) is 10.3. The van der Waals surface area contributed by atoms with Gasteiger partial charge in [0.1, 0.15) is 5.38 Å². The lowest BCUT2D eigenvalue weighted by molar-refractivity contribution is 0.0698. The van der Waals surface area contributed by atoms with Crippen LogP contribution in [0.15, 0.2) is 77.4 Å². The lowest BCUT2D eigenvalue weighted by atomic mass is 10.2. The minimum absolute atomic E-state index is 0.197. The molecule has 3 aromatic rings. The fourth-order valence-corrected chi connectivity index (χ4v) is 9.27. The Hall–Kier alpha value is -2.59. The van der Waals surface area contributed by atoms with Gasteiger partial charge in [0.25, 0.3) is 0 Å². The highest BCUT2D eigenvalue weighted by Gasteiger charge is 2.53. The molecule has 2 aromatic carbocycles. The highest BCUT2D eigenvalue weighted by Crippen LogP contribution is 2.36. The van der Waals surface area contributed by atoms with Crippen LogP contribution in [-0.2, 0) is 0 Å². The maximum Gasteiger partial charge on any atom is 0.338 e. The summed E-state index contributed by atoms with van der Waals surface area (Å²) < 4.78 is 5.91. The fraction of sp³-hybridized carbons (Fsp3) is 0.190. The SMILES string of the molecule is CC(C)(C)[Si](c1ccccc1)(c1ccccc1)c1occc1C(=O)O. The topological polar surface area (TPSA) is 50.4 Å². The van der Waals surface area contributed by atoms with E-state index in [4.69, 9.17) is 4.42 Å². The molecule has 0 aliphatic carbocycles. The molecule has 1 heterocycles. The van der Waals surface area contributed by atoms with E-state index in [2.05, 4.69) is 45.0 Å². The van der Waals surface area contributed by atoms with Crippen LogP contribution in [0.5, 0.6) is 0 Å². The predicted molar refractivity (Wildman–Crippen MR) is 103 cm³/mol. The van der Waals surface area contributed by atoms with Crippen LogP contribution < -0.4 is 15.8 Å². The van der Waals surface area contributed by atoms with Gasteiger partial charge in [0, 0.05) is 0 Å². The van der Waals surface area contributed by atoms with Crippen molar-refractivity contribution in [2.45, 2.75) is 25.8 Å². The number of carboxylic acid groups (broad SMARTS) is 1. The molecule has 0 aliphatic rings. The highest BCUT2D eigenvalue weighted by molar-refractivity contribution is 7.13. The second kappa shape index (κ2) is 6.37. The minimum Gasteiger partial charge on any atom is -0.478 e. The summed E-state index contributed by atoms with van der Waals surface area (Å²) in [6, 6.07) is 22.0. The van der Waals surface area contributed by atoms with Gasteiger partial charge in [-0.2, -0.15) is 0 Å². The van der Waals surface area contributed by atoms with Crippen LogP contribution in [0.4, 0.5) is 0 Å². The molecule has 0 saturated heterocycles. The lowest BCUT2D eigenvalue weighted by Crippen LogP contribution is -2.72. The third kappa shape index (κ3) is 2.72. The summed E-state index contributed by atoms with van der Waals surface area (Å²) >= 11 is 0. The van der Waals surface area contributed by atoms with Gasteiger partial charge in [-0.1, -0.05) is 81.4 Å². The number of benzene rings is 2. The summed E-state index contributed by atoms with van der Waals surface area (Å²) in [6.07, 6.45) is 1.50. The summed E-state index contributed by atoms with van der Waals surface area (Å²) in [5.74, 6) is -0.947. The van der Waals surface area contributed by atoms with E-state index in [9.17, 15) is 9.90 Å². The molecule has 3 rings (SSSR count). The summed E-state index contributed by atoms with van der Waals surface area (Å²) in [6.45, 7) is 6.52. The number of furan rings is 1. The molecular weight excluding hydrogens is 328 g/mol.